The summed E-state index contributed by atoms with van der Waals surface area (Å²) in [5.74, 6) is 0. The van der Waals surface area contributed by atoms with E-state index >= 15 is 0 Å². The summed E-state index contributed by atoms with van der Waals surface area (Å²) < 4.78 is 0. The van der Waals surface area contributed by atoms with E-state index in [1.807, 2.05) is 0 Å². The minimum absolute atomic E-state index is 1.22. The average molecular weight is 574 g/mol. The smallest absolute Gasteiger partial charge is 0.00358 e. The number of rotatable bonds is 36. The predicted octanol–water partition coefficient (Wildman–Crippen LogP) is 14.9. The number of allylic oxidation sites excluding steroid dienone is 2. The van der Waals surface area contributed by atoms with E-state index in [0.717, 1.165) is 0 Å². The SMILES string of the molecule is CCCCCCCCCCCCCCCCCCC=CNC=CCCCCCCCCCCCCCCCCCC. The van der Waals surface area contributed by atoms with Gasteiger partial charge in [-0.1, -0.05) is 219 Å². The molecule has 0 aliphatic carbocycles. The third kappa shape index (κ3) is 39.3. The Morgan fingerprint density at radius 1 is 0.268 bits per heavy atom. The summed E-state index contributed by atoms with van der Waals surface area (Å²) >= 11 is 0. The lowest BCUT2D eigenvalue weighted by atomic mass is 10.0. The van der Waals surface area contributed by atoms with Crippen LogP contribution in [0.15, 0.2) is 24.6 Å². The average Bonchev–Trinajstić information content (AvgIpc) is 2.98. The van der Waals surface area contributed by atoms with E-state index < -0.39 is 0 Å². The van der Waals surface area contributed by atoms with Crippen molar-refractivity contribution < 1.29 is 0 Å². The van der Waals surface area contributed by atoms with Gasteiger partial charge in [-0.05, 0) is 38.1 Å². The fourth-order valence-electron chi connectivity index (χ4n) is 5.98. The summed E-state index contributed by atoms with van der Waals surface area (Å²) in [5.41, 5.74) is 0. The minimum Gasteiger partial charge on any atom is -0.368 e. The van der Waals surface area contributed by atoms with Crippen LogP contribution in [0.2, 0.25) is 0 Å². The molecule has 0 aromatic heterocycles. The Balaban J connectivity index is 3.14. The number of nitrogens with one attached hydrogen (secondary N) is 1. The fourth-order valence-corrected chi connectivity index (χ4v) is 5.98. The van der Waals surface area contributed by atoms with Crippen LogP contribution in [0.3, 0.4) is 0 Å². The molecule has 0 aliphatic rings. The van der Waals surface area contributed by atoms with Crippen molar-refractivity contribution in [2.75, 3.05) is 0 Å². The Morgan fingerprint density at radius 3 is 0.683 bits per heavy atom. The van der Waals surface area contributed by atoms with Gasteiger partial charge in [0.25, 0.3) is 0 Å². The molecular weight excluding hydrogens is 494 g/mol. The molecule has 0 heterocycles. The lowest BCUT2D eigenvalue weighted by Gasteiger charge is -2.03. The Hall–Kier alpha value is -0.720. The highest BCUT2D eigenvalue weighted by molar-refractivity contribution is 4.88. The minimum atomic E-state index is 1.22. The molecule has 0 aliphatic heterocycles. The second kappa shape index (κ2) is 39.3. The van der Waals surface area contributed by atoms with E-state index in [9.17, 15) is 0 Å². The van der Waals surface area contributed by atoms with E-state index in [1.165, 1.54) is 218 Å². The largest absolute Gasteiger partial charge is 0.368 e. The first kappa shape index (κ1) is 40.3. The monoisotopic (exact) mass is 574 g/mol. The van der Waals surface area contributed by atoms with Gasteiger partial charge >= 0.3 is 0 Å². The van der Waals surface area contributed by atoms with Gasteiger partial charge in [0, 0.05) is 0 Å². The second-order valence-electron chi connectivity index (χ2n) is 13.2. The molecule has 0 unspecified atom stereocenters. The van der Waals surface area contributed by atoms with Crippen molar-refractivity contribution >= 4 is 0 Å². The van der Waals surface area contributed by atoms with Gasteiger partial charge in [0.1, 0.15) is 0 Å². The Morgan fingerprint density at radius 2 is 0.463 bits per heavy atom. The van der Waals surface area contributed by atoms with E-state index in [0.29, 0.717) is 0 Å². The van der Waals surface area contributed by atoms with Crippen molar-refractivity contribution in [2.45, 2.75) is 232 Å². The molecule has 1 nitrogen and oxygen atoms in total. The first-order chi connectivity index (χ1) is 20.4. The summed E-state index contributed by atoms with van der Waals surface area (Å²) in [7, 11) is 0. The zero-order valence-corrected chi connectivity index (χ0v) is 28.9. The molecule has 0 saturated carbocycles. The first-order valence-electron chi connectivity index (χ1n) is 19.5. The van der Waals surface area contributed by atoms with Gasteiger partial charge in [-0.3, -0.25) is 0 Å². The molecule has 0 bridgehead atoms. The molecule has 0 radical (unpaired) electrons. The van der Waals surface area contributed by atoms with Crippen molar-refractivity contribution in [3.63, 3.8) is 0 Å². The van der Waals surface area contributed by atoms with Crippen molar-refractivity contribution in [3.8, 4) is 0 Å². The molecule has 0 saturated heterocycles. The zero-order chi connectivity index (χ0) is 29.6. The van der Waals surface area contributed by atoms with Gasteiger partial charge in [0.15, 0.2) is 0 Å². The van der Waals surface area contributed by atoms with Crippen molar-refractivity contribution in [3.05, 3.63) is 24.6 Å². The molecule has 1 heteroatoms. The molecule has 0 amide bonds. The summed E-state index contributed by atoms with van der Waals surface area (Å²) in [6.07, 6.45) is 57.6. The fraction of sp³-hybridized carbons (Fsp3) is 0.900. The number of hydrogen-bond acceptors (Lipinski definition) is 1. The van der Waals surface area contributed by atoms with E-state index in [4.69, 9.17) is 0 Å². The highest BCUT2D eigenvalue weighted by atomic mass is 14.8. The normalized spacial score (nSPS) is 11.9. The van der Waals surface area contributed by atoms with E-state index in [-0.39, 0.29) is 0 Å². The molecule has 0 fully saturated rings. The van der Waals surface area contributed by atoms with Gasteiger partial charge in [-0.25, -0.2) is 0 Å². The van der Waals surface area contributed by atoms with E-state index in [1.54, 1.807) is 0 Å². The van der Waals surface area contributed by atoms with Crippen molar-refractivity contribution in [1.82, 2.24) is 5.32 Å². The predicted molar refractivity (Wildman–Crippen MR) is 190 cm³/mol. The molecule has 1 N–H and O–H groups in total. The molecule has 0 rings (SSSR count). The second-order valence-corrected chi connectivity index (χ2v) is 13.2. The quantitative estimate of drug-likeness (QED) is 0.0735. The van der Waals surface area contributed by atoms with Crippen LogP contribution in [-0.2, 0) is 0 Å². The lowest BCUT2D eigenvalue weighted by molar-refractivity contribution is 0.530. The first-order valence-corrected chi connectivity index (χ1v) is 19.5. The van der Waals surface area contributed by atoms with Crippen LogP contribution in [0.5, 0.6) is 0 Å². The maximum atomic E-state index is 3.33. The van der Waals surface area contributed by atoms with Crippen LogP contribution in [0, 0.1) is 0 Å². The summed E-state index contributed by atoms with van der Waals surface area (Å²) in [4.78, 5) is 0. The van der Waals surface area contributed by atoms with Gasteiger partial charge < -0.3 is 5.32 Å². The Kier molecular flexibility index (Phi) is 38.6. The van der Waals surface area contributed by atoms with Gasteiger partial charge in [-0.2, -0.15) is 0 Å². The van der Waals surface area contributed by atoms with Gasteiger partial charge in [0.05, 0.1) is 0 Å². The Bertz CT molecular complexity index is 449. The van der Waals surface area contributed by atoms with Crippen molar-refractivity contribution in [1.29, 1.82) is 0 Å². The maximum Gasteiger partial charge on any atom is -0.00358 e. The third-order valence-corrected chi connectivity index (χ3v) is 8.88. The highest BCUT2D eigenvalue weighted by Crippen LogP contribution is 2.15. The molecular formula is C40H79N. The van der Waals surface area contributed by atoms with Crippen LogP contribution in [0.25, 0.3) is 0 Å². The topological polar surface area (TPSA) is 12.0 Å². The number of hydrogen-bond donors (Lipinski definition) is 1. The van der Waals surface area contributed by atoms with Crippen LogP contribution >= 0.6 is 0 Å². The summed E-state index contributed by atoms with van der Waals surface area (Å²) in [6.45, 7) is 4.61. The molecule has 244 valence electrons. The van der Waals surface area contributed by atoms with Crippen LogP contribution < -0.4 is 5.32 Å². The third-order valence-electron chi connectivity index (χ3n) is 8.88. The van der Waals surface area contributed by atoms with Gasteiger partial charge in [-0.15, -0.1) is 0 Å². The molecule has 0 atom stereocenters. The number of unbranched alkanes of at least 4 members (excludes halogenated alkanes) is 32. The summed E-state index contributed by atoms with van der Waals surface area (Å²) in [6, 6.07) is 0. The van der Waals surface area contributed by atoms with Gasteiger partial charge in [0.2, 0.25) is 0 Å². The zero-order valence-electron chi connectivity index (χ0n) is 28.9. The van der Waals surface area contributed by atoms with E-state index in [2.05, 4.69) is 43.7 Å². The van der Waals surface area contributed by atoms with Crippen LogP contribution in [0.4, 0.5) is 0 Å². The molecule has 0 aromatic rings. The molecule has 0 aromatic carbocycles. The van der Waals surface area contributed by atoms with Crippen LogP contribution in [0.1, 0.15) is 232 Å². The molecule has 0 spiro atoms. The maximum absolute atomic E-state index is 3.33. The van der Waals surface area contributed by atoms with Crippen LogP contribution in [-0.4, -0.2) is 0 Å². The molecule has 41 heavy (non-hydrogen) atoms. The lowest BCUT2D eigenvalue weighted by Crippen LogP contribution is -1.91. The standard InChI is InChI=1S/C40H79N/c1-3-5-7-9-11-13-15-17-19-21-23-25-27-29-31-33-35-37-39-41-40-38-36-34-32-30-28-26-24-22-20-18-16-14-12-10-8-6-4-2/h37-41H,3-36H2,1-2H3. The Labute approximate surface area is 261 Å². The summed E-state index contributed by atoms with van der Waals surface area (Å²) in [5, 5.41) is 3.33. The van der Waals surface area contributed by atoms with Crippen molar-refractivity contribution in [2.24, 2.45) is 0 Å². The highest BCUT2D eigenvalue weighted by Gasteiger charge is 1.96.